The molecule has 0 spiro atoms. The number of hydrogen-bond donors (Lipinski definition) is 1. The molecule has 1 aromatic rings. The number of nitrogens with one attached hydrogen (secondary N) is 1. The predicted octanol–water partition coefficient (Wildman–Crippen LogP) is 1.23. The van der Waals surface area contributed by atoms with Crippen molar-refractivity contribution in [2.75, 3.05) is 19.0 Å². The van der Waals surface area contributed by atoms with Crippen LogP contribution in [0.5, 0.6) is 0 Å². The molecule has 0 bridgehead atoms. The molecule has 0 aliphatic heterocycles. The lowest BCUT2D eigenvalue weighted by molar-refractivity contribution is 0.190. The molecule has 0 saturated heterocycles. The van der Waals surface area contributed by atoms with Gasteiger partial charge in [-0.2, -0.15) is 0 Å². The van der Waals surface area contributed by atoms with E-state index in [9.17, 15) is 0 Å². The number of methoxy groups -OCH3 is 1. The highest BCUT2D eigenvalue weighted by atomic mass is 16.5. The molecule has 1 N–H and O–H groups in total. The molecule has 0 fully saturated rings. The van der Waals surface area contributed by atoms with Crippen molar-refractivity contribution in [1.29, 1.82) is 0 Å². The van der Waals surface area contributed by atoms with Gasteiger partial charge in [-0.05, 0) is 13.8 Å². The van der Waals surface area contributed by atoms with Crippen LogP contribution in [0.25, 0.3) is 0 Å². The zero-order valence-corrected chi connectivity index (χ0v) is 8.24. The molecule has 0 aliphatic rings. The maximum atomic E-state index is 5.00. The van der Waals surface area contributed by atoms with Crippen LogP contribution in [-0.2, 0) is 4.74 Å². The van der Waals surface area contributed by atoms with E-state index in [0.29, 0.717) is 6.61 Å². The van der Waals surface area contributed by atoms with Gasteiger partial charge in [0.2, 0.25) is 0 Å². The maximum Gasteiger partial charge on any atom is 0.145 e. The highest BCUT2D eigenvalue weighted by Crippen LogP contribution is 2.02. The third-order valence-electron chi connectivity index (χ3n) is 1.57. The van der Waals surface area contributed by atoms with Gasteiger partial charge in [-0.15, -0.1) is 0 Å². The van der Waals surface area contributed by atoms with Gasteiger partial charge in [0, 0.05) is 19.3 Å². The summed E-state index contributed by atoms with van der Waals surface area (Å²) in [5, 5.41) is 3.18. The fraction of sp³-hybridized carbons (Fsp3) is 0.556. The van der Waals surface area contributed by atoms with Gasteiger partial charge in [0.25, 0.3) is 0 Å². The number of aromatic nitrogens is 2. The van der Waals surface area contributed by atoms with Crippen LogP contribution in [0.1, 0.15) is 12.6 Å². The summed E-state index contributed by atoms with van der Waals surface area (Å²) in [4.78, 5) is 8.30. The van der Waals surface area contributed by atoms with Gasteiger partial charge in [0.1, 0.15) is 5.82 Å². The Hall–Kier alpha value is -1.16. The molecule has 0 radical (unpaired) electrons. The molecule has 0 aliphatic carbocycles. The Labute approximate surface area is 78.4 Å². The number of ether oxygens (including phenoxy) is 1. The van der Waals surface area contributed by atoms with Gasteiger partial charge in [0.15, 0.2) is 0 Å². The maximum absolute atomic E-state index is 5.00. The quantitative estimate of drug-likeness (QED) is 0.759. The number of nitrogens with zero attached hydrogens (tertiary/aromatic N) is 2. The highest BCUT2D eigenvalue weighted by Gasteiger charge is 2.01. The van der Waals surface area contributed by atoms with Crippen molar-refractivity contribution in [1.82, 2.24) is 9.97 Å². The van der Waals surface area contributed by atoms with Crippen molar-refractivity contribution in [3.8, 4) is 0 Å². The summed E-state index contributed by atoms with van der Waals surface area (Å²) in [5.41, 5.74) is 0.912. The summed E-state index contributed by atoms with van der Waals surface area (Å²) in [5.74, 6) is 0.796. The Morgan fingerprint density at radius 1 is 1.54 bits per heavy atom. The van der Waals surface area contributed by atoms with Crippen LogP contribution in [0.4, 0.5) is 5.82 Å². The Balaban J connectivity index is 2.53. The lowest BCUT2D eigenvalue weighted by atomic mass is 10.3. The van der Waals surface area contributed by atoms with Crippen LogP contribution in [0.2, 0.25) is 0 Å². The second kappa shape index (κ2) is 4.77. The Morgan fingerprint density at radius 2 is 2.31 bits per heavy atom. The summed E-state index contributed by atoms with van der Waals surface area (Å²) in [7, 11) is 1.68. The molecular weight excluding hydrogens is 166 g/mol. The van der Waals surface area contributed by atoms with Crippen LogP contribution in [0.15, 0.2) is 12.4 Å². The van der Waals surface area contributed by atoms with E-state index in [1.54, 1.807) is 19.5 Å². The lowest BCUT2D eigenvalue weighted by Crippen LogP contribution is -2.21. The number of hydrogen-bond acceptors (Lipinski definition) is 4. The van der Waals surface area contributed by atoms with E-state index in [2.05, 4.69) is 15.3 Å². The van der Waals surface area contributed by atoms with E-state index < -0.39 is 0 Å². The van der Waals surface area contributed by atoms with Crippen molar-refractivity contribution < 1.29 is 4.74 Å². The molecule has 4 heteroatoms. The fourth-order valence-electron chi connectivity index (χ4n) is 1.08. The molecule has 1 atom stereocenters. The van der Waals surface area contributed by atoms with Crippen molar-refractivity contribution in [3.05, 3.63) is 18.1 Å². The zero-order valence-electron chi connectivity index (χ0n) is 8.24. The normalized spacial score (nSPS) is 12.5. The van der Waals surface area contributed by atoms with Crippen molar-refractivity contribution >= 4 is 5.82 Å². The molecule has 13 heavy (non-hydrogen) atoms. The summed E-state index contributed by atoms with van der Waals surface area (Å²) in [6.45, 7) is 4.61. The Morgan fingerprint density at radius 3 is 2.92 bits per heavy atom. The van der Waals surface area contributed by atoms with Crippen molar-refractivity contribution in [3.63, 3.8) is 0 Å². The number of rotatable bonds is 4. The van der Waals surface area contributed by atoms with Gasteiger partial charge in [0.05, 0.1) is 18.5 Å². The van der Waals surface area contributed by atoms with Crippen molar-refractivity contribution in [2.45, 2.75) is 19.9 Å². The van der Waals surface area contributed by atoms with E-state index in [1.807, 2.05) is 13.8 Å². The van der Waals surface area contributed by atoms with Gasteiger partial charge in [-0.1, -0.05) is 0 Å². The average molecular weight is 181 g/mol. The Kier molecular flexibility index (Phi) is 3.64. The smallest absolute Gasteiger partial charge is 0.145 e. The third-order valence-corrected chi connectivity index (χ3v) is 1.57. The van der Waals surface area contributed by atoms with Crippen LogP contribution in [0, 0.1) is 6.92 Å². The first kappa shape index (κ1) is 9.92. The van der Waals surface area contributed by atoms with Gasteiger partial charge in [-0.25, -0.2) is 4.98 Å². The minimum absolute atomic E-state index is 0.251. The summed E-state index contributed by atoms with van der Waals surface area (Å²) >= 11 is 0. The number of anilines is 1. The molecule has 1 aromatic heterocycles. The lowest BCUT2D eigenvalue weighted by Gasteiger charge is -2.12. The van der Waals surface area contributed by atoms with Gasteiger partial charge in [-0.3, -0.25) is 4.98 Å². The average Bonchev–Trinajstić information content (AvgIpc) is 2.04. The van der Waals surface area contributed by atoms with E-state index in [0.717, 1.165) is 11.5 Å². The second-order valence-corrected chi connectivity index (χ2v) is 3.05. The van der Waals surface area contributed by atoms with Crippen LogP contribution >= 0.6 is 0 Å². The number of aryl methyl sites for hydroxylation is 1. The van der Waals surface area contributed by atoms with Gasteiger partial charge >= 0.3 is 0 Å². The molecule has 1 heterocycles. The second-order valence-electron chi connectivity index (χ2n) is 3.05. The molecule has 72 valence electrons. The molecule has 0 unspecified atom stereocenters. The van der Waals surface area contributed by atoms with E-state index in [1.165, 1.54) is 0 Å². The molecule has 0 amide bonds. The van der Waals surface area contributed by atoms with Crippen LogP contribution in [0.3, 0.4) is 0 Å². The van der Waals surface area contributed by atoms with Crippen LogP contribution < -0.4 is 5.32 Å². The minimum Gasteiger partial charge on any atom is -0.383 e. The fourth-order valence-corrected chi connectivity index (χ4v) is 1.08. The van der Waals surface area contributed by atoms with Crippen molar-refractivity contribution in [2.24, 2.45) is 0 Å². The molecule has 1 rings (SSSR count). The monoisotopic (exact) mass is 181 g/mol. The topological polar surface area (TPSA) is 47.0 Å². The van der Waals surface area contributed by atoms with Gasteiger partial charge < -0.3 is 10.1 Å². The zero-order chi connectivity index (χ0) is 9.68. The van der Waals surface area contributed by atoms with E-state index >= 15 is 0 Å². The van der Waals surface area contributed by atoms with Crippen LogP contribution in [-0.4, -0.2) is 29.7 Å². The SMILES string of the molecule is COC[C@@H](C)Nc1cncc(C)n1. The summed E-state index contributed by atoms with van der Waals surface area (Å²) in [6, 6.07) is 0.251. The summed E-state index contributed by atoms with van der Waals surface area (Å²) < 4.78 is 5.00. The molecule has 0 aromatic carbocycles. The predicted molar refractivity (Wildman–Crippen MR) is 51.7 cm³/mol. The largest absolute Gasteiger partial charge is 0.383 e. The molecule has 4 nitrogen and oxygen atoms in total. The minimum atomic E-state index is 0.251. The first-order chi connectivity index (χ1) is 6.22. The first-order valence-corrected chi connectivity index (χ1v) is 4.26. The standard InChI is InChI=1S/C9H15N3O/c1-7-4-10-5-9(11-7)12-8(2)6-13-3/h4-5,8H,6H2,1-3H3,(H,11,12)/t8-/m1/s1. The molecule has 0 saturated carbocycles. The third kappa shape index (κ3) is 3.38. The molecular formula is C9H15N3O. The van der Waals surface area contributed by atoms with E-state index in [-0.39, 0.29) is 6.04 Å². The summed E-state index contributed by atoms with van der Waals surface area (Å²) in [6.07, 6.45) is 3.44. The Bertz CT molecular complexity index is 265. The first-order valence-electron chi connectivity index (χ1n) is 4.26. The van der Waals surface area contributed by atoms with E-state index in [4.69, 9.17) is 4.74 Å². The highest BCUT2D eigenvalue weighted by molar-refractivity contribution is 5.32.